The number of halogens is 1. The van der Waals surface area contributed by atoms with Crippen molar-refractivity contribution < 1.29 is 14.0 Å². The van der Waals surface area contributed by atoms with E-state index < -0.39 is 6.04 Å². The molecule has 2 amide bonds. The Morgan fingerprint density at radius 1 is 1.16 bits per heavy atom. The van der Waals surface area contributed by atoms with Crippen molar-refractivity contribution in [2.45, 2.75) is 38.8 Å². The lowest BCUT2D eigenvalue weighted by atomic mass is 10.0. The summed E-state index contributed by atoms with van der Waals surface area (Å²) in [7, 11) is 0. The Morgan fingerprint density at radius 2 is 1.81 bits per heavy atom. The van der Waals surface area contributed by atoms with Gasteiger partial charge in [0.2, 0.25) is 11.8 Å². The first-order valence-electron chi connectivity index (χ1n) is 12.3. The van der Waals surface area contributed by atoms with Gasteiger partial charge in [-0.2, -0.15) is 0 Å². The molecule has 9 heteroatoms. The van der Waals surface area contributed by atoms with Gasteiger partial charge in [0.05, 0.1) is 12.6 Å². The van der Waals surface area contributed by atoms with E-state index in [9.17, 15) is 14.0 Å². The second-order valence-electron chi connectivity index (χ2n) is 9.64. The molecule has 3 atom stereocenters. The van der Waals surface area contributed by atoms with E-state index in [4.69, 9.17) is 11.1 Å². The summed E-state index contributed by atoms with van der Waals surface area (Å²) in [5.41, 5.74) is 9.12. The van der Waals surface area contributed by atoms with E-state index >= 15 is 0 Å². The normalized spacial score (nSPS) is 17.9. The molecule has 1 aromatic heterocycles. The van der Waals surface area contributed by atoms with Crippen molar-refractivity contribution >= 4 is 34.7 Å². The zero-order chi connectivity index (χ0) is 26.5. The van der Waals surface area contributed by atoms with E-state index in [1.807, 2.05) is 44.2 Å². The van der Waals surface area contributed by atoms with Gasteiger partial charge in [0.1, 0.15) is 17.7 Å². The van der Waals surface area contributed by atoms with Crippen LogP contribution in [0, 0.1) is 17.1 Å². The molecule has 0 radical (unpaired) electrons. The summed E-state index contributed by atoms with van der Waals surface area (Å²) < 4.78 is 13.1. The Kier molecular flexibility index (Phi) is 8.23. The number of nitrogens with one attached hydrogen (secondary N) is 3. The molecule has 2 unspecified atom stereocenters. The number of carbonyl (C=O) groups excluding carboxylic acids is 2. The molecular formula is C28H32FN5O2S. The number of hydrogen-bond acceptors (Lipinski definition) is 5. The Balaban J connectivity index is 1.31. The summed E-state index contributed by atoms with van der Waals surface area (Å²) in [6, 6.07) is 15.3. The monoisotopic (exact) mass is 521 g/mol. The van der Waals surface area contributed by atoms with Crippen molar-refractivity contribution in [2.24, 2.45) is 11.7 Å². The van der Waals surface area contributed by atoms with E-state index in [2.05, 4.69) is 10.6 Å². The highest BCUT2D eigenvalue weighted by molar-refractivity contribution is 7.10. The van der Waals surface area contributed by atoms with Crippen LogP contribution in [0.4, 0.5) is 10.1 Å². The molecule has 0 aliphatic carbocycles. The molecule has 1 fully saturated rings. The van der Waals surface area contributed by atoms with Gasteiger partial charge in [-0.25, -0.2) is 4.39 Å². The number of anilines is 1. The number of hydrogen-bond donors (Lipinski definition) is 4. The number of nitrogen functional groups attached to an aromatic ring is 1. The van der Waals surface area contributed by atoms with Crippen molar-refractivity contribution in [3.05, 3.63) is 87.4 Å². The topological polar surface area (TPSA) is 111 Å². The minimum absolute atomic E-state index is 0.00238. The fourth-order valence-corrected chi connectivity index (χ4v) is 5.45. The molecule has 0 spiro atoms. The Morgan fingerprint density at radius 3 is 2.43 bits per heavy atom. The summed E-state index contributed by atoms with van der Waals surface area (Å²) in [6.45, 7) is 4.56. The van der Waals surface area contributed by atoms with Crippen molar-refractivity contribution in [3.63, 3.8) is 0 Å². The first kappa shape index (κ1) is 26.3. The molecular weight excluding hydrogens is 489 g/mol. The summed E-state index contributed by atoms with van der Waals surface area (Å²) >= 11 is 1.44. The van der Waals surface area contributed by atoms with Crippen LogP contribution in [0.3, 0.4) is 0 Å². The van der Waals surface area contributed by atoms with E-state index in [-0.39, 0.29) is 42.0 Å². The van der Waals surface area contributed by atoms with Gasteiger partial charge in [-0.05, 0) is 67.1 Å². The van der Waals surface area contributed by atoms with Crippen molar-refractivity contribution in [3.8, 4) is 0 Å². The maximum atomic E-state index is 13.1. The predicted octanol–water partition coefficient (Wildman–Crippen LogP) is 4.29. The van der Waals surface area contributed by atoms with Crippen molar-refractivity contribution in [1.29, 1.82) is 5.41 Å². The van der Waals surface area contributed by atoms with Gasteiger partial charge in [-0.15, -0.1) is 11.3 Å². The zero-order valence-electron chi connectivity index (χ0n) is 21.0. The number of thiophene rings is 1. The zero-order valence-corrected chi connectivity index (χ0v) is 21.8. The number of nitrogens with two attached hydrogens (primary N) is 1. The van der Waals surface area contributed by atoms with Crippen LogP contribution in [-0.4, -0.2) is 41.7 Å². The van der Waals surface area contributed by atoms with Gasteiger partial charge in [-0.3, -0.25) is 15.0 Å². The van der Waals surface area contributed by atoms with Gasteiger partial charge >= 0.3 is 0 Å². The first-order valence-corrected chi connectivity index (χ1v) is 13.2. The van der Waals surface area contributed by atoms with Crippen LogP contribution in [0.2, 0.25) is 0 Å². The molecule has 2 heterocycles. The second-order valence-corrected chi connectivity index (χ2v) is 10.6. The van der Waals surface area contributed by atoms with Crippen LogP contribution in [-0.2, 0) is 16.0 Å². The largest absolute Gasteiger partial charge is 0.384 e. The van der Waals surface area contributed by atoms with Gasteiger partial charge in [-0.1, -0.05) is 31.2 Å². The van der Waals surface area contributed by atoms with Crippen LogP contribution in [0.1, 0.15) is 47.9 Å². The minimum atomic E-state index is -0.517. The van der Waals surface area contributed by atoms with Crippen molar-refractivity contribution in [2.75, 3.05) is 18.4 Å². The minimum Gasteiger partial charge on any atom is -0.384 e. The summed E-state index contributed by atoms with van der Waals surface area (Å²) in [5.74, 6) is -0.319. The number of amides is 2. The first-order chi connectivity index (χ1) is 17.7. The Hall–Kier alpha value is -3.72. The third kappa shape index (κ3) is 6.74. The predicted molar refractivity (Wildman–Crippen MR) is 145 cm³/mol. The molecule has 194 valence electrons. The van der Waals surface area contributed by atoms with E-state index in [0.717, 1.165) is 21.7 Å². The number of likely N-dealkylation sites (tertiary alicyclic amines) is 1. The molecule has 7 nitrogen and oxygen atoms in total. The fraction of sp³-hybridized carbons (Fsp3) is 0.321. The van der Waals surface area contributed by atoms with Gasteiger partial charge in [0.25, 0.3) is 0 Å². The molecule has 5 N–H and O–H groups in total. The average Bonchev–Trinajstić information content (AvgIpc) is 3.52. The van der Waals surface area contributed by atoms with E-state index in [1.165, 1.54) is 23.5 Å². The van der Waals surface area contributed by atoms with Crippen molar-refractivity contribution in [1.82, 2.24) is 10.2 Å². The summed E-state index contributed by atoms with van der Waals surface area (Å²) in [6.07, 6.45) is 1.31. The molecule has 1 aliphatic heterocycles. The number of carbonyl (C=O) groups is 2. The molecule has 2 aromatic carbocycles. The number of nitrogens with zero attached hydrogens (tertiary/aromatic N) is 1. The number of amidine groups is 1. The van der Waals surface area contributed by atoms with Crippen LogP contribution in [0.25, 0.3) is 0 Å². The van der Waals surface area contributed by atoms with Gasteiger partial charge in [0.15, 0.2) is 0 Å². The molecule has 3 aromatic rings. The number of benzene rings is 2. The number of rotatable bonds is 9. The highest BCUT2D eigenvalue weighted by Gasteiger charge is 2.38. The lowest BCUT2D eigenvalue weighted by Gasteiger charge is -2.25. The third-order valence-corrected chi connectivity index (χ3v) is 7.68. The van der Waals surface area contributed by atoms with Gasteiger partial charge in [0, 0.05) is 28.1 Å². The standard InChI is InChI=1S/C28H32FN5O2S/c1-17-11-24(28(36)33-18(2)25-13-21(16-37-25)27(30)31)34(15-17)26(35)14-32-23-9-5-20(6-10-23)12-19-3-7-22(29)8-4-19/h3-10,13,16-18,24,32H,11-12,14-15H2,1-2H3,(H3,30,31)(H,33,36)/t17?,18-,24?/m1/s1. The van der Waals surface area contributed by atoms with Crippen LogP contribution >= 0.6 is 11.3 Å². The average molecular weight is 522 g/mol. The smallest absolute Gasteiger partial charge is 0.243 e. The molecule has 37 heavy (non-hydrogen) atoms. The lowest BCUT2D eigenvalue weighted by Crippen LogP contribution is -2.48. The SMILES string of the molecule is CC1CC(C(=O)N[C@H](C)c2cc(C(=N)N)cs2)N(C(=O)CNc2ccc(Cc3ccc(F)cc3)cc2)C1. The Bertz CT molecular complexity index is 1260. The Labute approximate surface area is 220 Å². The third-order valence-electron chi connectivity index (χ3n) is 6.57. The molecule has 4 rings (SSSR count). The maximum Gasteiger partial charge on any atom is 0.243 e. The maximum absolute atomic E-state index is 13.1. The molecule has 0 saturated carbocycles. The van der Waals surface area contributed by atoms with Gasteiger partial charge < -0.3 is 21.3 Å². The molecule has 1 saturated heterocycles. The van der Waals surface area contributed by atoms with E-state index in [1.54, 1.807) is 22.4 Å². The quantitative estimate of drug-likeness (QED) is 0.249. The second kappa shape index (κ2) is 11.6. The summed E-state index contributed by atoms with van der Waals surface area (Å²) in [5, 5.41) is 15.6. The van der Waals surface area contributed by atoms with E-state index in [0.29, 0.717) is 24.9 Å². The lowest BCUT2D eigenvalue weighted by molar-refractivity contribution is -0.137. The highest BCUT2D eigenvalue weighted by Crippen LogP contribution is 2.26. The van der Waals surface area contributed by atoms with Crippen LogP contribution < -0.4 is 16.4 Å². The van der Waals surface area contributed by atoms with Crippen LogP contribution in [0.15, 0.2) is 60.0 Å². The fourth-order valence-electron chi connectivity index (χ4n) is 4.53. The highest BCUT2D eigenvalue weighted by atomic mass is 32.1. The molecule has 1 aliphatic rings. The summed E-state index contributed by atoms with van der Waals surface area (Å²) in [4.78, 5) is 28.7. The van der Waals surface area contributed by atoms with Crippen LogP contribution in [0.5, 0.6) is 0 Å². The molecule has 0 bridgehead atoms.